The number of hydrogen-bond acceptors (Lipinski definition) is 4. The van der Waals surface area contributed by atoms with Crippen LogP contribution in [-0.4, -0.2) is 22.6 Å². The van der Waals surface area contributed by atoms with Crippen LogP contribution in [0, 0.1) is 5.92 Å². The summed E-state index contributed by atoms with van der Waals surface area (Å²) >= 11 is 0. The third-order valence-electron chi connectivity index (χ3n) is 2.00. The average molecular weight is 222 g/mol. The fourth-order valence-corrected chi connectivity index (χ4v) is 1.28. The molecule has 4 heteroatoms. The van der Waals surface area contributed by atoms with Gasteiger partial charge in [0.25, 0.3) is 0 Å². The Morgan fingerprint density at radius 3 is 2.25 bits per heavy atom. The largest absolute Gasteiger partial charge is 0.352 e. The quantitative estimate of drug-likeness (QED) is 0.773. The molecule has 0 aliphatic rings. The zero-order valence-electron chi connectivity index (χ0n) is 10.6. The van der Waals surface area contributed by atoms with E-state index >= 15 is 0 Å². The second kappa shape index (κ2) is 6.43. The molecule has 16 heavy (non-hydrogen) atoms. The maximum Gasteiger partial charge on any atom is 0.222 e. The molecule has 0 unspecified atom stereocenters. The van der Waals surface area contributed by atoms with Crippen molar-refractivity contribution < 1.29 is 0 Å². The van der Waals surface area contributed by atoms with Crippen LogP contribution >= 0.6 is 0 Å². The molecule has 0 aliphatic carbocycles. The van der Waals surface area contributed by atoms with Gasteiger partial charge in [-0.2, -0.15) is 0 Å². The van der Waals surface area contributed by atoms with Crippen molar-refractivity contribution in [2.45, 2.75) is 40.3 Å². The van der Waals surface area contributed by atoms with Crippen LogP contribution in [0.25, 0.3) is 0 Å². The van der Waals surface area contributed by atoms with Crippen LogP contribution in [0.15, 0.2) is 12.4 Å². The lowest BCUT2D eigenvalue weighted by Crippen LogP contribution is -2.19. The van der Waals surface area contributed by atoms with Crippen molar-refractivity contribution in [3.63, 3.8) is 0 Å². The molecule has 0 fully saturated rings. The van der Waals surface area contributed by atoms with E-state index in [1.165, 1.54) is 0 Å². The Labute approximate surface area is 97.9 Å². The number of rotatable bonds is 6. The lowest BCUT2D eigenvalue weighted by Gasteiger charge is -2.09. The molecule has 0 amide bonds. The van der Waals surface area contributed by atoms with Crippen LogP contribution in [0.2, 0.25) is 0 Å². The minimum Gasteiger partial charge on any atom is -0.352 e. The van der Waals surface area contributed by atoms with Crippen molar-refractivity contribution in [2.75, 3.05) is 11.9 Å². The van der Waals surface area contributed by atoms with E-state index in [0.717, 1.165) is 18.7 Å². The van der Waals surface area contributed by atoms with Crippen LogP contribution < -0.4 is 10.6 Å². The number of nitrogens with zero attached hydrogens (tertiary/aromatic N) is 2. The fourth-order valence-electron chi connectivity index (χ4n) is 1.28. The highest BCUT2D eigenvalue weighted by molar-refractivity contribution is 5.25. The maximum absolute atomic E-state index is 4.25. The molecular formula is C12H22N4. The first kappa shape index (κ1) is 12.9. The summed E-state index contributed by atoms with van der Waals surface area (Å²) in [5.41, 5.74) is 1.12. The van der Waals surface area contributed by atoms with E-state index in [4.69, 9.17) is 0 Å². The highest BCUT2D eigenvalue weighted by Gasteiger charge is 1.99. The molecule has 90 valence electrons. The number of hydrogen-bond donors (Lipinski definition) is 2. The second-order valence-corrected chi connectivity index (χ2v) is 4.74. The van der Waals surface area contributed by atoms with Gasteiger partial charge in [0.15, 0.2) is 0 Å². The maximum atomic E-state index is 4.25. The van der Waals surface area contributed by atoms with Crippen LogP contribution in [0.3, 0.4) is 0 Å². The van der Waals surface area contributed by atoms with Crippen molar-refractivity contribution in [1.29, 1.82) is 0 Å². The van der Waals surface area contributed by atoms with Crippen LogP contribution in [0.1, 0.15) is 33.3 Å². The minimum absolute atomic E-state index is 0.366. The van der Waals surface area contributed by atoms with Gasteiger partial charge in [-0.3, -0.25) is 0 Å². The molecule has 1 rings (SSSR count). The Balaban J connectivity index is 2.39. The van der Waals surface area contributed by atoms with Crippen LogP contribution in [-0.2, 0) is 6.54 Å². The fraction of sp³-hybridized carbons (Fsp3) is 0.667. The zero-order chi connectivity index (χ0) is 12.0. The molecule has 0 radical (unpaired) electrons. The summed E-state index contributed by atoms with van der Waals surface area (Å²) in [7, 11) is 0. The molecule has 1 heterocycles. The van der Waals surface area contributed by atoms with E-state index < -0.39 is 0 Å². The van der Waals surface area contributed by atoms with Gasteiger partial charge in [0.2, 0.25) is 5.95 Å². The van der Waals surface area contributed by atoms with E-state index in [0.29, 0.717) is 17.9 Å². The van der Waals surface area contributed by atoms with Gasteiger partial charge in [0, 0.05) is 30.5 Å². The third-order valence-corrected chi connectivity index (χ3v) is 2.00. The molecule has 0 aromatic carbocycles. The minimum atomic E-state index is 0.366. The highest BCUT2D eigenvalue weighted by atomic mass is 15.1. The lowest BCUT2D eigenvalue weighted by atomic mass is 10.2. The predicted molar refractivity (Wildman–Crippen MR) is 67.3 cm³/mol. The Morgan fingerprint density at radius 2 is 1.75 bits per heavy atom. The van der Waals surface area contributed by atoms with Gasteiger partial charge in [0.1, 0.15) is 0 Å². The van der Waals surface area contributed by atoms with Gasteiger partial charge in [-0.1, -0.05) is 13.8 Å². The summed E-state index contributed by atoms with van der Waals surface area (Å²) in [6.07, 6.45) is 3.73. The van der Waals surface area contributed by atoms with Gasteiger partial charge in [-0.25, -0.2) is 9.97 Å². The van der Waals surface area contributed by atoms with Crippen molar-refractivity contribution in [1.82, 2.24) is 15.3 Å². The number of nitrogens with one attached hydrogen (secondary N) is 2. The molecular weight excluding hydrogens is 200 g/mol. The summed E-state index contributed by atoms with van der Waals surface area (Å²) in [6.45, 7) is 10.4. The normalized spacial score (nSPS) is 11.1. The second-order valence-electron chi connectivity index (χ2n) is 4.74. The van der Waals surface area contributed by atoms with Crippen molar-refractivity contribution >= 4 is 5.95 Å². The Hall–Kier alpha value is -1.16. The molecule has 0 saturated heterocycles. The molecule has 0 saturated carbocycles. The molecule has 1 aromatic rings. The van der Waals surface area contributed by atoms with Crippen LogP contribution in [0.4, 0.5) is 5.95 Å². The summed E-state index contributed by atoms with van der Waals surface area (Å²) in [5, 5.41) is 6.52. The van der Waals surface area contributed by atoms with Gasteiger partial charge >= 0.3 is 0 Å². The molecule has 0 atom stereocenters. The van der Waals surface area contributed by atoms with Gasteiger partial charge in [0.05, 0.1) is 0 Å². The third kappa shape index (κ3) is 5.07. The average Bonchev–Trinajstić information content (AvgIpc) is 2.19. The zero-order valence-corrected chi connectivity index (χ0v) is 10.6. The molecule has 0 aliphatic heterocycles. The summed E-state index contributed by atoms with van der Waals surface area (Å²) < 4.78 is 0. The van der Waals surface area contributed by atoms with Gasteiger partial charge in [-0.15, -0.1) is 0 Å². The first-order valence-corrected chi connectivity index (χ1v) is 5.86. The summed E-state index contributed by atoms with van der Waals surface area (Å²) in [5.74, 6) is 1.37. The van der Waals surface area contributed by atoms with E-state index in [1.807, 2.05) is 12.4 Å². The molecule has 2 N–H and O–H groups in total. The summed E-state index contributed by atoms with van der Waals surface area (Å²) in [4.78, 5) is 8.51. The van der Waals surface area contributed by atoms with Crippen molar-refractivity contribution in [3.05, 3.63) is 18.0 Å². The highest BCUT2D eigenvalue weighted by Crippen LogP contribution is 2.01. The van der Waals surface area contributed by atoms with Crippen molar-refractivity contribution in [2.24, 2.45) is 5.92 Å². The first-order valence-electron chi connectivity index (χ1n) is 5.86. The Kier molecular flexibility index (Phi) is 5.19. The van der Waals surface area contributed by atoms with Crippen molar-refractivity contribution in [3.8, 4) is 0 Å². The number of anilines is 1. The predicted octanol–water partition coefficient (Wildman–Crippen LogP) is 2.04. The Morgan fingerprint density at radius 1 is 1.12 bits per heavy atom. The van der Waals surface area contributed by atoms with Gasteiger partial charge in [-0.05, 0) is 26.3 Å². The molecule has 0 bridgehead atoms. The van der Waals surface area contributed by atoms with Gasteiger partial charge < -0.3 is 10.6 Å². The standard InChI is InChI=1S/C12H22N4/c1-9(2)5-13-6-11-7-14-12(15-8-11)16-10(3)4/h7-10,13H,5-6H2,1-4H3,(H,14,15,16). The summed E-state index contributed by atoms with van der Waals surface area (Å²) in [6, 6.07) is 0.366. The smallest absolute Gasteiger partial charge is 0.222 e. The monoisotopic (exact) mass is 222 g/mol. The molecule has 0 spiro atoms. The van der Waals surface area contributed by atoms with E-state index in [1.54, 1.807) is 0 Å². The van der Waals surface area contributed by atoms with E-state index in [2.05, 4.69) is 48.3 Å². The van der Waals surface area contributed by atoms with E-state index in [9.17, 15) is 0 Å². The lowest BCUT2D eigenvalue weighted by molar-refractivity contribution is 0.551. The first-order chi connectivity index (χ1) is 7.58. The SMILES string of the molecule is CC(C)CNCc1cnc(NC(C)C)nc1. The number of aromatic nitrogens is 2. The van der Waals surface area contributed by atoms with Crippen LogP contribution in [0.5, 0.6) is 0 Å². The molecule has 1 aromatic heterocycles. The Bertz CT molecular complexity index is 292. The van der Waals surface area contributed by atoms with E-state index in [-0.39, 0.29) is 0 Å². The molecule has 4 nitrogen and oxygen atoms in total. The topological polar surface area (TPSA) is 49.8 Å².